The summed E-state index contributed by atoms with van der Waals surface area (Å²) in [5.74, 6) is -0.183. The molecule has 0 fully saturated rings. The Hall–Kier alpha value is -1.95. The van der Waals surface area contributed by atoms with Crippen molar-refractivity contribution in [2.45, 2.75) is 13.8 Å². The Labute approximate surface area is 98.2 Å². The van der Waals surface area contributed by atoms with Crippen molar-refractivity contribution in [1.29, 1.82) is 0 Å². The average molecular weight is 234 g/mol. The fraction of sp³-hybridized carbons (Fsp3) is 0.364. The third kappa shape index (κ3) is 2.12. The molecule has 0 unspecified atom stereocenters. The highest BCUT2D eigenvalue weighted by Crippen LogP contribution is 2.21. The summed E-state index contributed by atoms with van der Waals surface area (Å²) in [4.78, 5) is 16.1. The Bertz CT molecular complexity index is 562. The van der Waals surface area contributed by atoms with Crippen molar-refractivity contribution in [3.05, 3.63) is 23.0 Å². The van der Waals surface area contributed by atoms with Gasteiger partial charge in [0.15, 0.2) is 0 Å². The SMILES string of the molecule is Cc1cc(C(=O)NCCN)c2c(C)noc2n1. The van der Waals surface area contributed by atoms with Crippen molar-refractivity contribution in [2.24, 2.45) is 5.73 Å². The van der Waals surface area contributed by atoms with Crippen LogP contribution in [0.5, 0.6) is 0 Å². The second-order valence-electron chi connectivity index (χ2n) is 3.80. The summed E-state index contributed by atoms with van der Waals surface area (Å²) in [5, 5.41) is 7.20. The number of nitrogens with two attached hydrogens (primary N) is 1. The van der Waals surface area contributed by atoms with Gasteiger partial charge in [0.1, 0.15) is 0 Å². The maximum absolute atomic E-state index is 12.0. The van der Waals surface area contributed by atoms with E-state index in [2.05, 4.69) is 15.5 Å². The average Bonchev–Trinajstić information content (AvgIpc) is 2.66. The minimum absolute atomic E-state index is 0.183. The van der Waals surface area contributed by atoms with E-state index in [0.29, 0.717) is 41.1 Å². The van der Waals surface area contributed by atoms with Crippen molar-refractivity contribution in [1.82, 2.24) is 15.5 Å². The number of fused-ring (bicyclic) bond motifs is 1. The van der Waals surface area contributed by atoms with Crippen molar-refractivity contribution >= 4 is 17.0 Å². The molecule has 0 aliphatic rings. The van der Waals surface area contributed by atoms with Crippen molar-refractivity contribution in [2.75, 3.05) is 13.1 Å². The molecule has 0 spiro atoms. The van der Waals surface area contributed by atoms with Gasteiger partial charge < -0.3 is 15.6 Å². The quantitative estimate of drug-likeness (QED) is 0.807. The predicted octanol–water partition coefficient (Wildman–Crippen LogP) is 0.528. The van der Waals surface area contributed by atoms with Crippen LogP contribution in [0.4, 0.5) is 0 Å². The maximum atomic E-state index is 12.0. The number of nitrogens with one attached hydrogen (secondary N) is 1. The lowest BCUT2D eigenvalue weighted by Crippen LogP contribution is -2.29. The third-order valence-electron chi connectivity index (χ3n) is 2.42. The van der Waals surface area contributed by atoms with Crippen LogP contribution in [-0.4, -0.2) is 29.1 Å². The van der Waals surface area contributed by atoms with E-state index >= 15 is 0 Å². The molecule has 0 radical (unpaired) electrons. The summed E-state index contributed by atoms with van der Waals surface area (Å²) >= 11 is 0. The van der Waals surface area contributed by atoms with Crippen molar-refractivity contribution in [3.63, 3.8) is 0 Å². The molecule has 2 rings (SSSR count). The van der Waals surface area contributed by atoms with E-state index in [9.17, 15) is 4.79 Å². The summed E-state index contributed by atoms with van der Waals surface area (Å²) in [5.41, 5.74) is 7.64. The number of nitrogens with zero attached hydrogens (tertiary/aromatic N) is 2. The highest BCUT2D eigenvalue weighted by atomic mass is 16.5. The lowest BCUT2D eigenvalue weighted by Gasteiger charge is -2.05. The molecule has 90 valence electrons. The molecule has 0 aliphatic carbocycles. The highest BCUT2D eigenvalue weighted by molar-refractivity contribution is 6.05. The van der Waals surface area contributed by atoms with Crippen LogP contribution in [0.2, 0.25) is 0 Å². The molecule has 0 bridgehead atoms. The zero-order valence-electron chi connectivity index (χ0n) is 9.78. The maximum Gasteiger partial charge on any atom is 0.258 e. The monoisotopic (exact) mass is 234 g/mol. The molecule has 2 aromatic rings. The molecule has 0 atom stereocenters. The number of aromatic nitrogens is 2. The summed E-state index contributed by atoms with van der Waals surface area (Å²) in [7, 11) is 0. The van der Waals surface area contributed by atoms with Crippen LogP contribution in [0.25, 0.3) is 11.1 Å². The van der Waals surface area contributed by atoms with Gasteiger partial charge in [-0.15, -0.1) is 0 Å². The molecule has 3 N–H and O–H groups in total. The van der Waals surface area contributed by atoms with Crippen LogP contribution >= 0.6 is 0 Å². The lowest BCUT2D eigenvalue weighted by atomic mass is 10.1. The number of amides is 1. The van der Waals surface area contributed by atoms with Crippen LogP contribution in [0.1, 0.15) is 21.7 Å². The topological polar surface area (TPSA) is 94.0 Å². The summed E-state index contributed by atoms with van der Waals surface area (Å²) < 4.78 is 5.06. The second kappa shape index (κ2) is 4.50. The third-order valence-corrected chi connectivity index (χ3v) is 2.42. The molecule has 0 aliphatic heterocycles. The number of hydrogen-bond donors (Lipinski definition) is 2. The lowest BCUT2D eigenvalue weighted by molar-refractivity contribution is 0.0956. The van der Waals surface area contributed by atoms with Gasteiger partial charge >= 0.3 is 0 Å². The Morgan fingerprint density at radius 3 is 3.00 bits per heavy atom. The molecular formula is C11H14N4O2. The van der Waals surface area contributed by atoms with Gasteiger partial charge in [0.25, 0.3) is 11.6 Å². The van der Waals surface area contributed by atoms with E-state index < -0.39 is 0 Å². The largest absolute Gasteiger partial charge is 0.351 e. The molecule has 2 aromatic heterocycles. The second-order valence-corrected chi connectivity index (χ2v) is 3.80. The van der Waals surface area contributed by atoms with Gasteiger partial charge in [0.05, 0.1) is 16.6 Å². The van der Waals surface area contributed by atoms with Gasteiger partial charge in [0.2, 0.25) is 0 Å². The standard InChI is InChI=1S/C11H14N4O2/c1-6-5-8(10(16)13-4-3-12)9-7(2)15-17-11(9)14-6/h5H,3-4,12H2,1-2H3,(H,13,16). The van der Waals surface area contributed by atoms with Crippen LogP contribution in [0, 0.1) is 13.8 Å². The first kappa shape index (κ1) is 11.5. The summed E-state index contributed by atoms with van der Waals surface area (Å²) in [6, 6.07) is 1.72. The molecule has 17 heavy (non-hydrogen) atoms. The summed E-state index contributed by atoms with van der Waals surface area (Å²) in [6.07, 6.45) is 0. The van der Waals surface area contributed by atoms with E-state index in [1.165, 1.54) is 0 Å². The zero-order chi connectivity index (χ0) is 12.4. The number of rotatable bonds is 3. The Balaban J connectivity index is 2.51. The van der Waals surface area contributed by atoms with E-state index in [0.717, 1.165) is 0 Å². The Kier molecular flexibility index (Phi) is 3.06. The van der Waals surface area contributed by atoms with Crippen molar-refractivity contribution in [3.8, 4) is 0 Å². The van der Waals surface area contributed by atoms with Gasteiger partial charge in [-0.25, -0.2) is 4.98 Å². The molecule has 6 heteroatoms. The van der Waals surface area contributed by atoms with E-state index in [4.69, 9.17) is 10.3 Å². The van der Waals surface area contributed by atoms with Gasteiger partial charge in [-0.3, -0.25) is 4.79 Å². The number of aryl methyl sites for hydroxylation is 2. The number of hydrogen-bond acceptors (Lipinski definition) is 5. The zero-order valence-corrected chi connectivity index (χ0v) is 9.78. The van der Waals surface area contributed by atoms with Gasteiger partial charge in [-0.1, -0.05) is 5.16 Å². The number of pyridine rings is 1. The van der Waals surface area contributed by atoms with E-state index in [1.54, 1.807) is 19.9 Å². The Morgan fingerprint density at radius 1 is 1.53 bits per heavy atom. The normalized spacial score (nSPS) is 10.8. The van der Waals surface area contributed by atoms with Crippen LogP contribution in [-0.2, 0) is 0 Å². The first-order valence-corrected chi connectivity index (χ1v) is 5.35. The molecule has 2 heterocycles. The van der Waals surface area contributed by atoms with Gasteiger partial charge in [0, 0.05) is 18.8 Å². The summed E-state index contributed by atoms with van der Waals surface area (Å²) in [6.45, 7) is 4.42. The molecule has 0 saturated carbocycles. The number of carbonyl (C=O) groups excluding carboxylic acids is 1. The predicted molar refractivity (Wildman–Crippen MR) is 62.7 cm³/mol. The van der Waals surface area contributed by atoms with Crippen molar-refractivity contribution < 1.29 is 9.32 Å². The first-order chi connectivity index (χ1) is 8.13. The van der Waals surface area contributed by atoms with E-state index in [-0.39, 0.29) is 5.91 Å². The minimum atomic E-state index is -0.183. The van der Waals surface area contributed by atoms with Gasteiger partial charge in [-0.2, -0.15) is 0 Å². The first-order valence-electron chi connectivity index (χ1n) is 5.35. The molecule has 6 nitrogen and oxygen atoms in total. The number of carbonyl (C=O) groups is 1. The molecule has 0 aromatic carbocycles. The minimum Gasteiger partial charge on any atom is -0.351 e. The van der Waals surface area contributed by atoms with Crippen LogP contribution < -0.4 is 11.1 Å². The Morgan fingerprint density at radius 2 is 2.29 bits per heavy atom. The van der Waals surface area contributed by atoms with Gasteiger partial charge in [-0.05, 0) is 19.9 Å². The molecule has 1 amide bonds. The van der Waals surface area contributed by atoms with Crippen LogP contribution in [0.15, 0.2) is 10.6 Å². The van der Waals surface area contributed by atoms with Crippen LogP contribution in [0.3, 0.4) is 0 Å². The van der Waals surface area contributed by atoms with E-state index in [1.807, 2.05) is 0 Å². The smallest absolute Gasteiger partial charge is 0.258 e. The fourth-order valence-electron chi connectivity index (χ4n) is 1.68. The fourth-order valence-corrected chi connectivity index (χ4v) is 1.68. The molecule has 0 saturated heterocycles. The highest BCUT2D eigenvalue weighted by Gasteiger charge is 2.17. The molecular weight excluding hydrogens is 220 g/mol.